The van der Waals surface area contributed by atoms with Gasteiger partial charge in [0.15, 0.2) is 6.04 Å². The predicted molar refractivity (Wildman–Crippen MR) is 68.1 cm³/mol. The molecule has 0 bridgehead atoms. The number of carbonyl (C=O) groups excluding carboxylic acids is 1. The third-order valence-corrected chi connectivity index (χ3v) is 2.67. The zero-order valence-electron chi connectivity index (χ0n) is 10.8. The molecule has 6 nitrogen and oxygen atoms in total. The number of carboxylic acids is 1. The average Bonchev–Trinajstić information content (AvgIpc) is 2.36. The van der Waals surface area contributed by atoms with Crippen molar-refractivity contribution in [1.29, 1.82) is 0 Å². The van der Waals surface area contributed by atoms with Crippen LogP contribution in [0.3, 0.4) is 0 Å². The second kappa shape index (κ2) is 6.98. The minimum atomic E-state index is -0.938. The lowest BCUT2D eigenvalue weighted by atomic mass is 10.0. The van der Waals surface area contributed by atoms with Gasteiger partial charge in [0.05, 0.1) is 6.54 Å². The fraction of sp³-hybridized carbons (Fsp3) is 0.385. The first-order chi connectivity index (χ1) is 8.90. The standard InChI is InChI=1S/C13H18N2O4/c1-8(16)7-15-12(17)10-4-2-9(3-5-10)6-11(14)13(18)19/h2-5,11-12,15,17H,6-7,14H2,1H3,(H,18,19)/p+1. The van der Waals surface area contributed by atoms with Crippen molar-refractivity contribution in [1.82, 2.24) is 5.32 Å². The second-order valence-corrected chi connectivity index (χ2v) is 4.47. The van der Waals surface area contributed by atoms with E-state index in [4.69, 9.17) is 5.11 Å². The van der Waals surface area contributed by atoms with Crippen molar-refractivity contribution in [3.05, 3.63) is 35.4 Å². The normalized spacial score (nSPS) is 13.8. The van der Waals surface area contributed by atoms with Gasteiger partial charge < -0.3 is 15.9 Å². The van der Waals surface area contributed by atoms with E-state index in [1.807, 2.05) is 0 Å². The summed E-state index contributed by atoms with van der Waals surface area (Å²) in [6.07, 6.45) is -0.569. The first-order valence-corrected chi connectivity index (χ1v) is 5.95. The molecule has 0 aliphatic rings. The fourth-order valence-electron chi connectivity index (χ4n) is 1.57. The maximum atomic E-state index is 10.8. The Kier molecular flexibility index (Phi) is 5.62. The first-order valence-electron chi connectivity index (χ1n) is 5.95. The first kappa shape index (κ1) is 15.3. The van der Waals surface area contributed by atoms with Crippen LogP contribution in [0.25, 0.3) is 0 Å². The maximum absolute atomic E-state index is 10.8. The Hall–Kier alpha value is -1.76. The van der Waals surface area contributed by atoms with E-state index in [0.717, 1.165) is 5.56 Å². The number of aliphatic hydroxyl groups excluding tert-OH is 1. The van der Waals surface area contributed by atoms with Crippen molar-refractivity contribution in [2.24, 2.45) is 0 Å². The molecular formula is C13H19N2O4+. The molecule has 0 aliphatic heterocycles. The van der Waals surface area contributed by atoms with Gasteiger partial charge in [-0.05, 0) is 18.1 Å². The van der Waals surface area contributed by atoms with Gasteiger partial charge in [0.25, 0.3) is 0 Å². The molecule has 104 valence electrons. The van der Waals surface area contributed by atoms with Gasteiger partial charge in [0.2, 0.25) is 0 Å². The molecule has 2 unspecified atom stereocenters. The smallest absolute Gasteiger partial charge is 0.362 e. The van der Waals surface area contributed by atoms with E-state index in [1.165, 1.54) is 6.92 Å². The van der Waals surface area contributed by atoms with Crippen molar-refractivity contribution in [2.45, 2.75) is 25.6 Å². The number of hydrogen-bond donors (Lipinski definition) is 4. The lowest BCUT2D eigenvalue weighted by Gasteiger charge is -2.12. The van der Waals surface area contributed by atoms with Gasteiger partial charge in [-0.25, -0.2) is 4.79 Å². The minimum absolute atomic E-state index is 0.0583. The average molecular weight is 267 g/mol. The van der Waals surface area contributed by atoms with Crippen molar-refractivity contribution >= 4 is 11.8 Å². The van der Waals surface area contributed by atoms with E-state index in [-0.39, 0.29) is 12.3 Å². The van der Waals surface area contributed by atoms with Crippen LogP contribution in [0.2, 0.25) is 0 Å². The third kappa shape index (κ3) is 5.17. The Morgan fingerprint density at radius 2 is 1.89 bits per heavy atom. The van der Waals surface area contributed by atoms with Crippen LogP contribution in [0.4, 0.5) is 0 Å². The maximum Gasteiger partial charge on any atom is 0.362 e. The summed E-state index contributed by atoms with van der Waals surface area (Å²) in [5.74, 6) is -0.996. The molecule has 0 aliphatic carbocycles. The summed E-state index contributed by atoms with van der Waals surface area (Å²) in [6.45, 7) is 1.53. The highest BCUT2D eigenvalue weighted by Crippen LogP contribution is 2.12. The SMILES string of the molecule is CC(=O)CNC(O)c1ccc(CC([NH3+])C(=O)O)cc1. The van der Waals surface area contributed by atoms with Gasteiger partial charge in [-0.3, -0.25) is 10.1 Å². The number of nitrogens with one attached hydrogen (secondary N) is 1. The highest BCUT2D eigenvalue weighted by molar-refractivity contribution is 5.77. The van der Waals surface area contributed by atoms with Crippen LogP contribution in [0.15, 0.2) is 24.3 Å². The summed E-state index contributed by atoms with van der Waals surface area (Å²) in [5.41, 5.74) is 5.00. The van der Waals surface area contributed by atoms with Crippen molar-refractivity contribution in [3.63, 3.8) is 0 Å². The quantitative estimate of drug-likeness (QED) is 0.478. The Labute approximate surface area is 111 Å². The summed E-state index contributed by atoms with van der Waals surface area (Å²) in [4.78, 5) is 21.5. The van der Waals surface area contributed by atoms with Crippen molar-refractivity contribution < 1.29 is 25.5 Å². The van der Waals surface area contributed by atoms with Crippen LogP contribution in [0.1, 0.15) is 24.3 Å². The fourth-order valence-corrected chi connectivity index (χ4v) is 1.57. The Morgan fingerprint density at radius 1 is 1.32 bits per heavy atom. The summed E-state index contributed by atoms with van der Waals surface area (Å²) in [5, 5.41) is 21.2. The molecule has 0 amide bonds. The Morgan fingerprint density at radius 3 is 2.37 bits per heavy atom. The van der Waals surface area contributed by atoms with Crippen molar-refractivity contribution in [3.8, 4) is 0 Å². The number of quaternary nitrogens is 1. The lowest BCUT2D eigenvalue weighted by Crippen LogP contribution is -2.65. The third-order valence-electron chi connectivity index (χ3n) is 2.67. The van der Waals surface area contributed by atoms with Gasteiger partial charge in [-0.2, -0.15) is 0 Å². The topological polar surface area (TPSA) is 114 Å². The van der Waals surface area contributed by atoms with Crippen LogP contribution < -0.4 is 11.1 Å². The largest absolute Gasteiger partial charge is 0.477 e. The molecular weight excluding hydrogens is 248 g/mol. The van der Waals surface area contributed by atoms with Gasteiger partial charge in [0.1, 0.15) is 12.0 Å². The number of aliphatic carboxylic acids is 1. The van der Waals surface area contributed by atoms with Gasteiger partial charge >= 0.3 is 5.97 Å². The molecule has 0 saturated carbocycles. The van der Waals surface area contributed by atoms with E-state index < -0.39 is 18.2 Å². The van der Waals surface area contributed by atoms with E-state index in [1.54, 1.807) is 24.3 Å². The van der Waals surface area contributed by atoms with Crippen LogP contribution in [0.5, 0.6) is 0 Å². The Bertz CT molecular complexity index is 444. The molecule has 0 fully saturated rings. The molecule has 1 aromatic rings. The van der Waals surface area contributed by atoms with E-state index in [2.05, 4.69) is 11.1 Å². The summed E-state index contributed by atoms with van der Waals surface area (Å²) in [7, 11) is 0. The predicted octanol–water partition coefficient (Wildman–Crippen LogP) is -0.906. The number of carbonyl (C=O) groups is 2. The summed E-state index contributed by atoms with van der Waals surface area (Å²) < 4.78 is 0. The monoisotopic (exact) mass is 267 g/mol. The number of rotatable bonds is 7. The van der Waals surface area contributed by atoms with E-state index >= 15 is 0 Å². The van der Waals surface area contributed by atoms with Crippen LogP contribution in [0, 0.1) is 0 Å². The molecule has 1 rings (SSSR count). The number of aliphatic hydroxyl groups is 1. The Balaban J connectivity index is 2.60. The molecule has 2 atom stereocenters. The molecule has 0 heterocycles. The van der Waals surface area contributed by atoms with E-state index in [0.29, 0.717) is 12.0 Å². The number of carboxylic acid groups (broad SMARTS) is 1. The zero-order chi connectivity index (χ0) is 14.4. The molecule has 0 radical (unpaired) electrons. The van der Waals surface area contributed by atoms with Gasteiger partial charge in [0, 0.05) is 6.42 Å². The van der Waals surface area contributed by atoms with Crippen LogP contribution in [-0.4, -0.2) is 34.6 Å². The molecule has 6 heteroatoms. The lowest BCUT2D eigenvalue weighted by molar-refractivity contribution is -0.407. The summed E-state index contributed by atoms with van der Waals surface area (Å²) in [6, 6.07) is 6.19. The van der Waals surface area contributed by atoms with Gasteiger partial charge in [-0.15, -0.1) is 0 Å². The number of Topliss-reactive ketones (excluding diaryl/α,β-unsaturated/α-hetero) is 1. The highest BCUT2D eigenvalue weighted by atomic mass is 16.4. The van der Waals surface area contributed by atoms with Crippen LogP contribution in [-0.2, 0) is 16.0 Å². The van der Waals surface area contributed by atoms with Gasteiger partial charge in [-0.1, -0.05) is 24.3 Å². The number of hydrogen-bond acceptors (Lipinski definition) is 4. The molecule has 1 aromatic carbocycles. The van der Waals surface area contributed by atoms with E-state index in [9.17, 15) is 14.7 Å². The molecule has 6 N–H and O–H groups in total. The highest BCUT2D eigenvalue weighted by Gasteiger charge is 2.16. The second-order valence-electron chi connectivity index (χ2n) is 4.47. The molecule has 0 spiro atoms. The minimum Gasteiger partial charge on any atom is -0.477 e. The summed E-state index contributed by atoms with van der Waals surface area (Å²) >= 11 is 0. The van der Waals surface area contributed by atoms with Crippen molar-refractivity contribution in [2.75, 3.05) is 6.54 Å². The molecule has 0 aromatic heterocycles. The molecule has 19 heavy (non-hydrogen) atoms. The number of benzene rings is 1. The zero-order valence-corrected chi connectivity index (χ0v) is 10.8. The molecule has 0 saturated heterocycles. The number of ketones is 1. The van der Waals surface area contributed by atoms with Crippen LogP contribution >= 0.6 is 0 Å².